The van der Waals surface area contributed by atoms with Crippen LogP contribution >= 0.6 is 0 Å². The van der Waals surface area contributed by atoms with Gasteiger partial charge < -0.3 is 9.84 Å². The molecule has 0 radical (unpaired) electrons. The fourth-order valence-electron chi connectivity index (χ4n) is 1.78. The second-order valence-electron chi connectivity index (χ2n) is 4.47. The summed E-state index contributed by atoms with van der Waals surface area (Å²) in [6.07, 6.45) is -4.86. The monoisotopic (exact) mass is 315 g/mol. The van der Waals surface area contributed by atoms with Gasteiger partial charge in [0, 0.05) is 0 Å². The molecule has 0 aliphatic carbocycles. The van der Waals surface area contributed by atoms with Crippen molar-refractivity contribution in [2.24, 2.45) is 0 Å². The number of hydrogen-bond acceptors (Lipinski definition) is 4. The van der Waals surface area contributed by atoms with Crippen molar-refractivity contribution < 1.29 is 27.8 Å². The zero-order valence-electron chi connectivity index (χ0n) is 11.5. The lowest BCUT2D eigenvalue weighted by Gasteiger charge is -2.11. The highest BCUT2D eigenvalue weighted by atomic mass is 19.4. The molecule has 1 aromatic carbocycles. The number of rotatable bonds is 5. The average Bonchev–Trinajstić information content (AvgIpc) is 2.85. The van der Waals surface area contributed by atoms with E-state index in [1.165, 1.54) is 0 Å². The third kappa shape index (κ3) is 3.54. The predicted octanol–water partition coefficient (Wildman–Crippen LogP) is 2.38. The Morgan fingerprint density at radius 3 is 2.50 bits per heavy atom. The third-order valence-electron chi connectivity index (χ3n) is 2.80. The second-order valence-corrected chi connectivity index (χ2v) is 4.47. The van der Waals surface area contributed by atoms with Crippen LogP contribution in [0.5, 0.6) is 5.75 Å². The van der Waals surface area contributed by atoms with Crippen LogP contribution in [0.3, 0.4) is 0 Å². The summed E-state index contributed by atoms with van der Waals surface area (Å²) in [4.78, 5) is 10.8. The highest BCUT2D eigenvalue weighted by Crippen LogP contribution is 2.31. The van der Waals surface area contributed by atoms with Crippen LogP contribution in [-0.4, -0.2) is 32.7 Å². The zero-order valence-corrected chi connectivity index (χ0v) is 11.5. The van der Waals surface area contributed by atoms with Gasteiger partial charge in [0.05, 0.1) is 6.54 Å². The van der Waals surface area contributed by atoms with Crippen molar-refractivity contribution in [1.82, 2.24) is 15.0 Å². The second kappa shape index (κ2) is 6.04. The molecule has 0 saturated carbocycles. The Labute approximate surface area is 123 Å². The molecular weight excluding hydrogens is 303 g/mol. The molecule has 22 heavy (non-hydrogen) atoms. The Hall–Kier alpha value is -2.58. The Morgan fingerprint density at radius 2 is 1.95 bits per heavy atom. The molecule has 6 nitrogen and oxygen atoms in total. The molecule has 1 heterocycles. The van der Waals surface area contributed by atoms with Crippen LogP contribution in [0.4, 0.5) is 13.2 Å². The summed E-state index contributed by atoms with van der Waals surface area (Å²) in [7, 11) is 0. The zero-order chi connectivity index (χ0) is 16.3. The van der Waals surface area contributed by atoms with Gasteiger partial charge in [0.2, 0.25) is 5.69 Å². The summed E-state index contributed by atoms with van der Waals surface area (Å²) in [5, 5.41) is 15.0. The minimum atomic E-state index is -4.86. The van der Waals surface area contributed by atoms with Gasteiger partial charge in [-0.3, -0.25) is 0 Å². The van der Waals surface area contributed by atoms with Crippen molar-refractivity contribution >= 4 is 5.97 Å². The molecule has 9 heteroatoms. The molecule has 0 spiro atoms. The Bertz CT molecular complexity index is 665. The Balaban J connectivity index is 2.10. The highest BCUT2D eigenvalue weighted by Gasteiger charge is 2.41. The van der Waals surface area contributed by atoms with Crippen molar-refractivity contribution in [3.63, 3.8) is 0 Å². The number of carbonyl (C=O) groups is 1. The largest absolute Gasteiger partial charge is 0.492 e. The minimum absolute atomic E-state index is 0.103. The van der Waals surface area contributed by atoms with Gasteiger partial charge in [0.25, 0.3) is 0 Å². The standard InChI is InChI=1S/C13H12F3N3O3/c1-8-2-4-9(5-3-8)22-7-6-19-11(13(14,15)16)10(12(20)21)17-18-19/h2-5H,6-7H2,1H3,(H,20,21). The summed E-state index contributed by atoms with van der Waals surface area (Å²) in [6, 6.07) is 6.97. The van der Waals surface area contributed by atoms with Gasteiger partial charge in [0.1, 0.15) is 12.4 Å². The lowest BCUT2D eigenvalue weighted by Crippen LogP contribution is -2.20. The molecule has 0 aliphatic heterocycles. The molecule has 1 aromatic heterocycles. The van der Waals surface area contributed by atoms with Gasteiger partial charge in [0.15, 0.2) is 5.69 Å². The Kier molecular flexibility index (Phi) is 4.34. The minimum Gasteiger partial charge on any atom is -0.492 e. The summed E-state index contributed by atoms with van der Waals surface area (Å²) in [6.45, 7) is 1.51. The van der Waals surface area contributed by atoms with E-state index < -0.39 is 23.5 Å². The molecule has 2 aromatic rings. The molecule has 1 N–H and O–H groups in total. The number of alkyl halides is 3. The van der Waals surface area contributed by atoms with Crippen LogP contribution in [0.25, 0.3) is 0 Å². The highest BCUT2D eigenvalue weighted by molar-refractivity contribution is 5.86. The van der Waals surface area contributed by atoms with Crippen molar-refractivity contribution in [3.8, 4) is 5.75 Å². The van der Waals surface area contributed by atoms with E-state index in [0.29, 0.717) is 10.4 Å². The SMILES string of the molecule is Cc1ccc(OCCn2nnc(C(=O)O)c2C(F)(F)F)cc1. The molecule has 0 bridgehead atoms. The summed E-state index contributed by atoms with van der Waals surface area (Å²) < 4.78 is 44.5. The van der Waals surface area contributed by atoms with Gasteiger partial charge in [-0.05, 0) is 19.1 Å². The smallest absolute Gasteiger partial charge is 0.435 e. The number of hydrogen-bond donors (Lipinski definition) is 1. The summed E-state index contributed by atoms with van der Waals surface area (Å²) in [5.41, 5.74) is -1.50. The first-order valence-electron chi connectivity index (χ1n) is 6.22. The first kappa shape index (κ1) is 15.8. The number of carboxylic acid groups (broad SMARTS) is 1. The molecule has 0 saturated heterocycles. The van der Waals surface area contributed by atoms with E-state index in [2.05, 4.69) is 10.3 Å². The van der Waals surface area contributed by atoms with Gasteiger partial charge >= 0.3 is 12.1 Å². The van der Waals surface area contributed by atoms with Crippen molar-refractivity contribution in [1.29, 1.82) is 0 Å². The maximum Gasteiger partial charge on any atom is 0.435 e. The van der Waals surface area contributed by atoms with Crippen LogP contribution in [0.1, 0.15) is 21.7 Å². The van der Waals surface area contributed by atoms with Crippen LogP contribution in [0.15, 0.2) is 24.3 Å². The first-order valence-corrected chi connectivity index (χ1v) is 6.22. The van der Waals surface area contributed by atoms with Crippen LogP contribution in [0, 0.1) is 6.92 Å². The quantitative estimate of drug-likeness (QED) is 0.916. The number of aromatic carboxylic acids is 1. The van der Waals surface area contributed by atoms with Crippen molar-refractivity contribution in [2.45, 2.75) is 19.6 Å². The molecule has 0 unspecified atom stereocenters. The van der Waals surface area contributed by atoms with Gasteiger partial charge in [-0.15, -0.1) is 5.10 Å². The van der Waals surface area contributed by atoms with E-state index >= 15 is 0 Å². The Morgan fingerprint density at radius 1 is 1.32 bits per heavy atom. The van der Waals surface area contributed by atoms with Crippen molar-refractivity contribution in [2.75, 3.05) is 6.61 Å². The number of halogens is 3. The molecule has 0 fully saturated rings. The van der Waals surface area contributed by atoms with E-state index in [4.69, 9.17) is 9.84 Å². The topological polar surface area (TPSA) is 77.2 Å². The fraction of sp³-hybridized carbons (Fsp3) is 0.308. The van der Waals surface area contributed by atoms with Crippen molar-refractivity contribution in [3.05, 3.63) is 41.2 Å². The predicted molar refractivity (Wildman–Crippen MR) is 68.7 cm³/mol. The van der Waals surface area contributed by atoms with Crippen LogP contribution in [-0.2, 0) is 12.7 Å². The summed E-state index contributed by atoms with van der Waals surface area (Å²) >= 11 is 0. The summed E-state index contributed by atoms with van der Waals surface area (Å²) in [5.74, 6) is -1.28. The maximum absolute atomic E-state index is 12.9. The molecule has 0 amide bonds. The normalized spacial score (nSPS) is 11.5. The number of benzene rings is 1. The van der Waals surface area contributed by atoms with E-state index in [0.717, 1.165) is 5.56 Å². The number of ether oxygens (including phenoxy) is 1. The number of aryl methyl sites for hydroxylation is 1. The van der Waals surface area contributed by atoms with E-state index in [1.807, 2.05) is 6.92 Å². The molecular formula is C13H12F3N3O3. The van der Waals surface area contributed by atoms with Gasteiger partial charge in [-0.2, -0.15) is 13.2 Å². The van der Waals surface area contributed by atoms with Gasteiger partial charge in [-0.1, -0.05) is 22.9 Å². The van der Waals surface area contributed by atoms with E-state index in [-0.39, 0.29) is 13.2 Å². The van der Waals surface area contributed by atoms with Crippen LogP contribution in [0.2, 0.25) is 0 Å². The van der Waals surface area contributed by atoms with E-state index in [1.54, 1.807) is 24.3 Å². The third-order valence-corrected chi connectivity index (χ3v) is 2.80. The lowest BCUT2D eigenvalue weighted by molar-refractivity contribution is -0.144. The van der Waals surface area contributed by atoms with Crippen LogP contribution < -0.4 is 4.74 Å². The number of nitrogens with zero attached hydrogens (tertiary/aromatic N) is 3. The van der Waals surface area contributed by atoms with E-state index in [9.17, 15) is 18.0 Å². The maximum atomic E-state index is 12.9. The molecule has 0 aliphatic rings. The first-order chi connectivity index (χ1) is 10.3. The number of carboxylic acids is 1. The molecule has 0 atom stereocenters. The fourth-order valence-corrected chi connectivity index (χ4v) is 1.78. The average molecular weight is 315 g/mol. The van der Waals surface area contributed by atoms with Gasteiger partial charge in [-0.25, -0.2) is 9.48 Å². The number of aromatic nitrogens is 3. The molecule has 2 rings (SSSR count). The lowest BCUT2D eigenvalue weighted by atomic mass is 10.2. The molecule has 118 valence electrons.